The molecule has 2 amide bonds. The first-order valence-corrected chi connectivity index (χ1v) is 10.4. The lowest BCUT2D eigenvalue weighted by Crippen LogP contribution is -2.53. The van der Waals surface area contributed by atoms with Gasteiger partial charge in [0.25, 0.3) is 11.8 Å². The van der Waals surface area contributed by atoms with Gasteiger partial charge in [0, 0.05) is 37.3 Å². The van der Waals surface area contributed by atoms with E-state index >= 15 is 0 Å². The molecule has 0 aromatic heterocycles. The van der Waals surface area contributed by atoms with Crippen molar-refractivity contribution < 1.29 is 19.4 Å². The molecule has 1 atom stereocenters. The molecule has 0 radical (unpaired) electrons. The molecule has 1 unspecified atom stereocenters. The zero-order chi connectivity index (χ0) is 21.6. The number of ether oxygens (including phenoxy) is 1. The first-order chi connectivity index (χ1) is 15.0. The summed E-state index contributed by atoms with van der Waals surface area (Å²) in [4.78, 5) is 28.5. The van der Waals surface area contributed by atoms with E-state index in [1.165, 1.54) is 0 Å². The standard InChI is InChI=1S/C23H22N4O4/c24-14-15-1-6-19-18(13-15)25-20(31-19)16-2-4-17(5-3-16)21(28)26-9-11-27(12-10-26)22(29)23(30)7-8-23/h1-6,13,20,25,30H,7-12H2. The third-order valence-corrected chi connectivity index (χ3v) is 6.08. The summed E-state index contributed by atoms with van der Waals surface area (Å²) in [6, 6.07) is 14.6. The maximum absolute atomic E-state index is 12.9. The number of amides is 2. The summed E-state index contributed by atoms with van der Waals surface area (Å²) >= 11 is 0. The number of nitriles is 1. The van der Waals surface area contributed by atoms with Crippen molar-refractivity contribution >= 4 is 17.5 Å². The number of hydrogen-bond donors (Lipinski definition) is 2. The van der Waals surface area contributed by atoms with Crippen LogP contribution in [0.1, 0.15) is 40.6 Å². The predicted molar refractivity (Wildman–Crippen MR) is 111 cm³/mol. The van der Waals surface area contributed by atoms with Crippen LogP contribution in [0, 0.1) is 11.3 Å². The molecule has 1 saturated heterocycles. The normalized spacial score (nSPS) is 20.8. The number of aliphatic hydroxyl groups is 1. The van der Waals surface area contributed by atoms with Gasteiger partial charge in [-0.3, -0.25) is 9.59 Å². The molecule has 1 saturated carbocycles. The van der Waals surface area contributed by atoms with E-state index in [4.69, 9.17) is 10.00 Å². The van der Waals surface area contributed by atoms with Crippen LogP contribution >= 0.6 is 0 Å². The molecule has 158 valence electrons. The van der Waals surface area contributed by atoms with E-state index < -0.39 is 5.60 Å². The first kappa shape index (κ1) is 19.4. The second kappa shape index (κ2) is 7.29. The third-order valence-electron chi connectivity index (χ3n) is 6.08. The van der Waals surface area contributed by atoms with E-state index in [9.17, 15) is 14.7 Å². The molecule has 8 heteroatoms. The SMILES string of the molecule is N#Cc1ccc2c(c1)NC(c1ccc(C(=O)N3CCN(C(=O)C4(O)CC4)CC3)cc1)O2. The molecule has 2 aromatic carbocycles. The number of carbonyl (C=O) groups is 2. The highest BCUT2D eigenvalue weighted by Crippen LogP contribution is 2.38. The number of carbonyl (C=O) groups excluding carboxylic acids is 2. The summed E-state index contributed by atoms with van der Waals surface area (Å²) in [6.45, 7) is 1.78. The molecule has 8 nitrogen and oxygen atoms in total. The molecule has 31 heavy (non-hydrogen) atoms. The summed E-state index contributed by atoms with van der Waals surface area (Å²) in [5, 5.41) is 22.3. The van der Waals surface area contributed by atoms with Crippen molar-refractivity contribution in [2.24, 2.45) is 0 Å². The Labute approximate surface area is 179 Å². The molecule has 0 bridgehead atoms. The molecule has 2 aromatic rings. The van der Waals surface area contributed by atoms with Gasteiger partial charge in [0.15, 0.2) is 6.23 Å². The van der Waals surface area contributed by atoms with Gasteiger partial charge in [-0.2, -0.15) is 5.26 Å². The number of fused-ring (bicyclic) bond motifs is 1. The zero-order valence-electron chi connectivity index (χ0n) is 16.9. The van der Waals surface area contributed by atoms with E-state index in [0.717, 1.165) is 11.3 Å². The van der Waals surface area contributed by atoms with Gasteiger partial charge in [0.1, 0.15) is 11.4 Å². The predicted octanol–water partition coefficient (Wildman–Crippen LogP) is 1.87. The lowest BCUT2D eigenvalue weighted by molar-refractivity contribution is -0.143. The number of anilines is 1. The highest BCUT2D eigenvalue weighted by molar-refractivity contribution is 5.94. The Morgan fingerprint density at radius 1 is 1.06 bits per heavy atom. The fraction of sp³-hybridized carbons (Fsp3) is 0.348. The maximum Gasteiger partial charge on any atom is 0.254 e. The minimum atomic E-state index is -1.16. The number of hydrogen-bond acceptors (Lipinski definition) is 6. The second-order valence-corrected chi connectivity index (χ2v) is 8.20. The molecule has 0 spiro atoms. The van der Waals surface area contributed by atoms with Gasteiger partial charge in [-0.05, 0) is 43.2 Å². The van der Waals surface area contributed by atoms with Crippen LogP contribution < -0.4 is 10.1 Å². The van der Waals surface area contributed by atoms with Crippen molar-refractivity contribution in [1.29, 1.82) is 5.26 Å². The Balaban J connectivity index is 1.20. The van der Waals surface area contributed by atoms with Crippen LogP contribution in [0.25, 0.3) is 0 Å². The molecule has 2 N–H and O–H groups in total. The van der Waals surface area contributed by atoms with Crippen molar-refractivity contribution in [3.05, 3.63) is 59.2 Å². The number of rotatable bonds is 3. The summed E-state index contributed by atoms with van der Waals surface area (Å²) < 4.78 is 5.90. The van der Waals surface area contributed by atoms with E-state index in [0.29, 0.717) is 55.9 Å². The van der Waals surface area contributed by atoms with Crippen molar-refractivity contribution in [2.75, 3.05) is 31.5 Å². The molecular formula is C23H22N4O4. The molecule has 3 aliphatic rings. The minimum Gasteiger partial charge on any atom is -0.464 e. The fourth-order valence-corrected chi connectivity index (χ4v) is 3.99. The van der Waals surface area contributed by atoms with Crippen LogP contribution in [0.15, 0.2) is 42.5 Å². The quantitative estimate of drug-likeness (QED) is 0.788. The fourth-order valence-electron chi connectivity index (χ4n) is 3.99. The molecule has 2 fully saturated rings. The van der Waals surface area contributed by atoms with Gasteiger partial charge < -0.3 is 25.0 Å². The van der Waals surface area contributed by atoms with Gasteiger partial charge in [-0.1, -0.05) is 12.1 Å². The summed E-state index contributed by atoms with van der Waals surface area (Å²) in [7, 11) is 0. The Morgan fingerprint density at radius 2 is 1.74 bits per heavy atom. The molecule has 2 heterocycles. The summed E-state index contributed by atoms with van der Waals surface area (Å²) in [5.41, 5.74) is 1.62. The average Bonchev–Trinajstić information content (AvgIpc) is 3.42. The van der Waals surface area contributed by atoms with Crippen LogP contribution in [-0.2, 0) is 4.79 Å². The monoisotopic (exact) mass is 418 g/mol. The minimum absolute atomic E-state index is 0.0777. The van der Waals surface area contributed by atoms with E-state index in [-0.39, 0.29) is 18.0 Å². The average molecular weight is 418 g/mol. The van der Waals surface area contributed by atoms with Gasteiger partial charge in [0.2, 0.25) is 0 Å². The lowest BCUT2D eigenvalue weighted by atomic mass is 10.1. The molecule has 1 aliphatic carbocycles. The van der Waals surface area contributed by atoms with Gasteiger partial charge in [-0.15, -0.1) is 0 Å². The Kier molecular flexibility index (Phi) is 4.56. The van der Waals surface area contributed by atoms with E-state index in [1.807, 2.05) is 12.1 Å². The molecule has 2 aliphatic heterocycles. The third kappa shape index (κ3) is 3.57. The highest BCUT2D eigenvalue weighted by atomic mass is 16.5. The molecular weight excluding hydrogens is 396 g/mol. The van der Waals surface area contributed by atoms with Crippen molar-refractivity contribution in [2.45, 2.75) is 24.7 Å². The second-order valence-electron chi connectivity index (χ2n) is 8.20. The maximum atomic E-state index is 12.9. The highest BCUT2D eigenvalue weighted by Gasteiger charge is 2.50. The largest absolute Gasteiger partial charge is 0.464 e. The zero-order valence-corrected chi connectivity index (χ0v) is 16.9. The van der Waals surface area contributed by atoms with Crippen LogP contribution in [0.4, 0.5) is 5.69 Å². The van der Waals surface area contributed by atoms with Crippen molar-refractivity contribution in [3.8, 4) is 11.8 Å². The number of benzene rings is 2. The van der Waals surface area contributed by atoms with Crippen molar-refractivity contribution in [1.82, 2.24) is 9.80 Å². The van der Waals surface area contributed by atoms with E-state index in [1.54, 1.807) is 40.1 Å². The van der Waals surface area contributed by atoms with Crippen LogP contribution in [-0.4, -0.2) is 58.5 Å². The van der Waals surface area contributed by atoms with Gasteiger partial charge in [-0.25, -0.2) is 0 Å². The number of nitrogens with one attached hydrogen (secondary N) is 1. The van der Waals surface area contributed by atoms with Crippen LogP contribution in [0.5, 0.6) is 5.75 Å². The van der Waals surface area contributed by atoms with Crippen molar-refractivity contribution in [3.63, 3.8) is 0 Å². The smallest absolute Gasteiger partial charge is 0.254 e. The van der Waals surface area contributed by atoms with Crippen LogP contribution in [0.3, 0.4) is 0 Å². The Hall–Kier alpha value is -3.57. The van der Waals surface area contributed by atoms with Crippen LogP contribution in [0.2, 0.25) is 0 Å². The Morgan fingerprint density at radius 3 is 2.39 bits per heavy atom. The Bertz CT molecular complexity index is 1080. The van der Waals surface area contributed by atoms with E-state index in [2.05, 4.69) is 11.4 Å². The topological polar surface area (TPSA) is 106 Å². The summed E-state index contributed by atoms with van der Waals surface area (Å²) in [6.07, 6.45) is 0.680. The first-order valence-electron chi connectivity index (χ1n) is 10.4. The molecule has 5 rings (SSSR count). The number of piperazine rings is 1. The summed E-state index contributed by atoms with van der Waals surface area (Å²) in [5.74, 6) is 0.398. The van der Waals surface area contributed by atoms with Gasteiger partial charge >= 0.3 is 0 Å². The lowest BCUT2D eigenvalue weighted by Gasteiger charge is -2.35. The number of nitrogens with zero attached hydrogens (tertiary/aromatic N) is 3. The van der Waals surface area contributed by atoms with Gasteiger partial charge in [0.05, 0.1) is 17.3 Å².